The maximum Gasteiger partial charge on any atom is 0.136 e. The van der Waals surface area contributed by atoms with Gasteiger partial charge in [0, 0.05) is 37.3 Å². The number of fused-ring (bicyclic) bond motifs is 2. The maximum atomic E-state index is 4.77. The van der Waals surface area contributed by atoms with E-state index >= 15 is 0 Å². The summed E-state index contributed by atoms with van der Waals surface area (Å²) in [6, 6.07) is 27.6. The summed E-state index contributed by atoms with van der Waals surface area (Å²) in [6.45, 7) is 3.87. The lowest BCUT2D eigenvalue weighted by Gasteiger charge is -2.20. The van der Waals surface area contributed by atoms with Crippen molar-refractivity contribution in [3.63, 3.8) is 0 Å². The van der Waals surface area contributed by atoms with E-state index in [1.165, 1.54) is 28.1 Å². The quantitative estimate of drug-likeness (QED) is 0.594. The summed E-state index contributed by atoms with van der Waals surface area (Å²) in [7, 11) is 0. The molecule has 0 N–H and O–H groups in total. The van der Waals surface area contributed by atoms with Crippen LogP contribution < -0.4 is 9.80 Å². The molecule has 5 rings (SSSR count). The Labute approximate surface area is 171 Å². The Balaban J connectivity index is 1.48. The fourth-order valence-corrected chi connectivity index (χ4v) is 4.25. The average Bonchev–Trinajstić information content (AvgIpc) is 3.30. The van der Waals surface area contributed by atoms with Crippen LogP contribution in [0.2, 0.25) is 0 Å². The van der Waals surface area contributed by atoms with E-state index < -0.39 is 0 Å². The minimum absolute atomic E-state index is 0.805. The third-order valence-electron chi connectivity index (χ3n) is 5.67. The molecule has 2 heterocycles. The van der Waals surface area contributed by atoms with Crippen LogP contribution in [-0.4, -0.2) is 18.2 Å². The van der Waals surface area contributed by atoms with E-state index in [2.05, 4.69) is 95.6 Å². The van der Waals surface area contributed by atoms with Crippen LogP contribution in [0.1, 0.15) is 23.6 Å². The van der Waals surface area contributed by atoms with Gasteiger partial charge in [0.25, 0.3) is 0 Å². The summed E-state index contributed by atoms with van der Waals surface area (Å²) in [5, 5.41) is 9.50. The molecular formula is C25H24N4. The monoisotopic (exact) mass is 380 g/mol. The van der Waals surface area contributed by atoms with E-state index in [0.717, 1.165) is 37.6 Å². The number of hydrogen-bond acceptors (Lipinski definition) is 2. The molecule has 0 aromatic heterocycles. The van der Waals surface area contributed by atoms with Gasteiger partial charge in [0.1, 0.15) is 11.7 Å². The highest BCUT2D eigenvalue weighted by Crippen LogP contribution is 2.32. The van der Waals surface area contributed by atoms with Gasteiger partial charge in [-0.2, -0.15) is 0 Å². The second-order valence-electron chi connectivity index (χ2n) is 7.46. The predicted molar refractivity (Wildman–Crippen MR) is 121 cm³/mol. The highest BCUT2D eigenvalue weighted by molar-refractivity contribution is 6.07. The molecule has 4 heteroatoms. The number of anilines is 2. The van der Waals surface area contributed by atoms with Gasteiger partial charge in [-0.15, -0.1) is 10.2 Å². The molecule has 0 fully saturated rings. The number of likely N-dealkylation sites (N-methyl/N-ethyl adjacent to an activating group) is 1. The first-order chi connectivity index (χ1) is 14.3. The first-order valence-corrected chi connectivity index (χ1v) is 10.2. The molecule has 0 saturated carbocycles. The van der Waals surface area contributed by atoms with Gasteiger partial charge < -0.3 is 9.80 Å². The predicted octanol–water partition coefficient (Wildman–Crippen LogP) is 5.04. The number of para-hydroxylation sites is 2. The van der Waals surface area contributed by atoms with Gasteiger partial charge in [-0.25, -0.2) is 0 Å². The van der Waals surface area contributed by atoms with Crippen molar-refractivity contribution in [3.05, 3.63) is 95.6 Å². The van der Waals surface area contributed by atoms with Gasteiger partial charge in [-0.05, 0) is 35.7 Å². The van der Waals surface area contributed by atoms with Gasteiger partial charge in [-0.1, -0.05) is 66.7 Å². The highest BCUT2D eigenvalue weighted by Gasteiger charge is 2.27. The van der Waals surface area contributed by atoms with Crippen molar-refractivity contribution in [2.24, 2.45) is 10.2 Å². The van der Waals surface area contributed by atoms with Gasteiger partial charge in [0.05, 0.1) is 0 Å². The summed E-state index contributed by atoms with van der Waals surface area (Å²) < 4.78 is 0. The van der Waals surface area contributed by atoms with Crippen LogP contribution in [0.15, 0.2) is 89.1 Å². The Morgan fingerprint density at radius 1 is 0.655 bits per heavy atom. The van der Waals surface area contributed by atoms with Crippen molar-refractivity contribution in [2.75, 3.05) is 16.3 Å². The van der Waals surface area contributed by atoms with Gasteiger partial charge in [0.15, 0.2) is 0 Å². The second-order valence-corrected chi connectivity index (χ2v) is 7.46. The lowest BCUT2D eigenvalue weighted by atomic mass is 10.1. The third kappa shape index (κ3) is 3.31. The molecular weight excluding hydrogens is 356 g/mol. The zero-order valence-electron chi connectivity index (χ0n) is 16.6. The number of amidine groups is 2. The standard InChI is InChI=1S/C25H24N4/c1-2-28-22-14-8-6-12-20(22)16-24(28)26-27-25-17-21-13-7-9-15-23(21)29(25)18-19-10-4-3-5-11-19/h3-15H,2,16-18H2,1H3/b26-24+,27-25+. The van der Waals surface area contributed by atoms with E-state index in [-0.39, 0.29) is 0 Å². The van der Waals surface area contributed by atoms with Crippen molar-refractivity contribution in [3.8, 4) is 0 Å². The van der Waals surface area contributed by atoms with E-state index in [1.807, 2.05) is 0 Å². The van der Waals surface area contributed by atoms with Crippen LogP contribution >= 0.6 is 0 Å². The topological polar surface area (TPSA) is 31.2 Å². The second kappa shape index (κ2) is 7.55. The largest absolute Gasteiger partial charge is 0.328 e. The lowest BCUT2D eigenvalue weighted by molar-refractivity contribution is 0.993. The molecule has 2 aliphatic heterocycles. The van der Waals surface area contributed by atoms with Gasteiger partial charge in [-0.3, -0.25) is 0 Å². The van der Waals surface area contributed by atoms with E-state index in [4.69, 9.17) is 10.2 Å². The number of nitrogens with zero attached hydrogens (tertiary/aromatic N) is 4. The van der Waals surface area contributed by atoms with Crippen LogP contribution in [0.25, 0.3) is 0 Å². The summed E-state index contributed by atoms with van der Waals surface area (Å²) in [5.74, 6) is 2.03. The van der Waals surface area contributed by atoms with Crippen LogP contribution in [0.3, 0.4) is 0 Å². The minimum Gasteiger partial charge on any atom is -0.328 e. The van der Waals surface area contributed by atoms with Crippen LogP contribution in [0.5, 0.6) is 0 Å². The fourth-order valence-electron chi connectivity index (χ4n) is 4.25. The van der Waals surface area contributed by atoms with Crippen molar-refractivity contribution in [2.45, 2.75) is 26.3 Å². The minimum atomic E-state index is 0.805. The number of benzene rings is 3. The SMILES string of the molecule is CCN1/C(=N/N=C2\Cc3ccccc3N2Cc2ccccc2)Cc2ccccc21. The van der Waals surface area contributed by atoms with Crippen LogP contribution in [-0.2, 0) is 19.4 Å². The normalized spacial score (nSPS) is 17.8. The average molecular weight is 380 g/mol. The lowest BCUT2D eigenvalue weighted by Crippen LogP contribution is -2.28. The molecule has 0 amide bonds. The molecule has 144 valence electrons. The Morgan fingerprint density at radius 3 is 1.79 bits per heavy atom. The van der Waals surface area contributed by atoms with Crippen molar-refractivity contribution >= 4 is 23.0 Å². The van der Waals surface area contributed by atoms with Gasteiger partial charge in [0.2, 0.25) is 0 Å². The zero-order chi connectivity index (χ0) is 19.6. The molecule has 0 spiro atoms. The van der Waals surface area contributed by atoms with E-state index in [0.29, 0.717) is 0 Å². The first kappa shape index (κ1) is 17.7. The molecule has 3 aromatic carbocycles. The molecule has 3 aromatic rings. The van der Waals surface area contributed by atoms with Crippen LogP contribution in [0.4, 0.5) is 11.4 Å². The van der Waals surface area contributed by atoms with E-state index in [1.54, 1.807) is 0 Å². The molecule has 2 aliphatic rings. The Kier molecular flexibility index (Phi) is 4.60. The third-order valence-corrected chi connectivity index (χ3v) is 5.67. The number of hydrogen-bond donors (Lipinski definition) is 0. The molecule has 0 bridgehead atoms. The Bertz CT molecular complexity index is 1080. The van der Waals surface area contributed by atoms with Crippen LogP contribution in [0, 0.1) is 0 Å². The Hall–Kier alpha value is -3.40. The smallest absolute Gasteiger partial charge is 0.136 e. The molecule has 0 atom stereocenters. The molecule has 29 heavy (non-hydrogen) atoms. The zero-order valence-corrected chi connectivity index (χ0v) is 16.6. The molecule has 0 unspecified atom stereocenters. The molecule has 0 aliphatic carbocycles. The molecule has 0 radical (unpaired) electrons. The fraction of sp³-hybridized carbons (Fsp3) is 0.200. The van der Waals surface area contributed by atoms with Crippen molar-refractivity contribution in [1.82, 2.24) is 0 Å². The highest BCUT2D eigenvalue weighted by atomic mass is 15.4. The van der Waals surface area contributed by atoms with Gasteiger partial charge >= 0.3 is 0 Å². The number of rotatable bonds is 4. The summed E-state index contributed by atoms with van der Waals surface area (Å²) in [4.78, 5) is 4.57. The summed E-state index contributed by atoms with van der Waals surface area (Å²) in [6.07, 6.45) is 1.66. The molecule has 0 saturated heterocycles. The Morgan fingerprint density at radius 2 is 1.17 bits per heavy atom. The summed E-state index contributed by atoms with van der Waals surface area (Å²) in [5.41, 5.74) is 6.39. The van der Waals surface area contributed by atoms with Crippen molar-refractivity contribution in [1.29, 1.82) is 0 Å². The maximum absolute atomic E-state index is 4.77. The molecule has 4 nitrogen and oxygen atoms in total. The summed E-state index contributed by atoms with van der Waals surface area (Å²) >= 11 is 0. The first-order valence-electron chi connectivity index (χ1n) is 10.2. The van der Waals surface area contributed by atoms with E-state index in [9.17, 15) is 0 Å². The van der Waals surface area contributed by atoms with Crippen molar-refractivity contribution < 1.29 is 0 Å².